The maximum absolute atomic E-state index is 13.0. The van der Waals surface area contributed by atoms with Crippen molar-refractivity contribution in [2.75, 3.05) is 36.4 Å². The molecule has 1 aliphatic heterocycles. The molecule has 0 spiro atoms. The standard InChI is InChI=1S/C25H29N7O2/c1-18(2)30-21-6-4-10-27-23(21)31-11-13-32(14-12-31)25(34)22-8-7-20(17-28-22)24(33)29-16-19-5-3-9-26-15-19/h3-10,15,17-18,30H,11-14,16H2,1-2H3,(H,29,33). The summed E-state index contributed by atoms with van der Waals surface area (Å²) in [6.07, 6.45) is 6.62. The number of piperazine rings is 1. The van der Waals surface area contributed by atoms with Crippen molar-refractivity contribution in [1.82, 2.24) is 25.2 Å². The monoisotopic (exact) mass is 459 g/mol. The molecule has 0 radical (unpaired) electrons. The van der Waals surface area contributed by atoms with Crippen molar-refractivity contribution in [3.8, 4) is 0 Å². The summed E-state index contributed by atoms with van der Waals surface area (Å²) in [5, 5.41) is 6.27. The van der Waals surface area contributed by atoms with Gasteiger partial charge < -0.3 is 20.4 Å². The molecule has 2 N–H and O–H groups in total. The van der Waals surface area contributed by atoms with E-state index in [1.165, 1.54) is 6.20 Å². The minimum atomic E-state index is -0.245. The molecule has 3 aromatic rings. The number of carbonyl (C=O) groups excluding carboxylic acids is 2. The third-order valence-corrected chi connectivity index (χ3v) is 5.52. The highest BCUT2D eigenvalue weighted by Crippen LogP contribution is 2.24. The number of pyridine rings is 3. The van der Waals surface area contributed by atoms with Gasteiger partial charge in [-0.2, -0.15) is 0 Å². The normalized spacial score (nSPS) is 13.6. The molecule has 1 aliphatic rings. The lowest BCUT2D eigenvalue weighted by atomic mass is 10.2. The van der Waals surface area contributed by atoms with E-state index in [4.69, 9.17) is 0 Å². The van der Waals surface area contributed by atoms with Gasteiger partial charge in [0.25, 0.3) is 11.8 Å². The number of nitrogens with zero attached hydrogens (tertiary/aromatic N) is 5. The number of hydrogen-bond acceptors (Lipinski definition) is 7. The first-order chi connectivity index (χ1) is 16.5. The largest absolute Gasteiger partial charge is 0.380 e. The molecule has 4 rings (SSSR count). The molecular weight excluding hydrogens is 430 g/mol. The Balaban J connectivity index is 1.32. The smallest absolute Gasteiger partial charge is 0.272 e. The van der Waals surface area contributed by atoms with Crippen molar-refractivity contribution >= 4 is 23.3 Å². The van der Waals surface area contributed by atoms with Crippen LogP contribution in [0.1, 0.15) is 40.3 Å². The van der Waals surface area contributed by atoms with Crippen LogP contribution >= 0.6 is 0 Å². The summed E-state index contributed by atoms with van der Waals surface area (Å²) < 4.78 is 0. The zero-order chi connectivity index (χ0) is 23.9. The first-order valence-electron chi connectivity index (χ1n) is 11.4. The second-order valence-corrected chi connectivity index (χ2v) is 8.43. The third kappa shape index (κ3) is 5.67. The number of rotatable bonds is 7. The van der Waals surface area contributed by atoms with E-state index < -0.39 is 0 Å². The van der Waals surface area contributed by atoms with Crippen LogP contribution in [-0.4, -0.2) is 63.9 Å². The lowest BCUT2D eigenvalue weighted by molar-refractivity contribution is 0.0740. The van der Waals surface area contributed by atoms with E-state index in [1.54, 1.807) is 35.6 Å². The van der Waals surface area contributed by atoms with Crippen LogP contribution in [0.25, 0.3) is 0 Å². The fourth-order valence-electron chi connectivity index (χ4n) is 3.80. The van der Waals surface area contributed by atoms with Gasteiger partial charge in [0, 0.05) is 63.6 Å². The maximum Gasteiger partial charge on any atom is 0.272 e. The highest BCUT2D eigenvalue weighted by atomic mass is 16.2. The lowest BCUT2D eigenvalue weighted by Crippen LogP contribution is -2.49. The fraction of sp³-hybridized carbons (Fsp3) is 0.320. The molecule has 3 aromatic heterocycles. The average Bonchev–Trinajstić information content (AvgIpc) is 2.88. The predicted molar refractivity (Wildman–Crippen MR) is 131 cm³/mol. The highest BCUT2D eigenvalue weighted by Gasteiger charge is 2.25. The van der Waals surface area contributed by atoms with Gasteiger partial charge in [0.1, 0.15) is 5.69 Å². The van der Waals surface area contributed by atoms with E-state index in [9.17, 15) is 9.59 Å². The summed E-state index contributed by atoms with van der Waals surface area (Å²) in [6.45, 7) is 7.08. The molecular formula is C25H29N7O2. The van der Waals surface area contributed by atoms with Crippen molar-refractivity contribution < 1.29 is 9.59 Å². The average molecular weight is 460 g/mol. The molecule has 2 amide bonds. The van der Waals surface area contributed by atoms with Crippen LogP contribution in [0.5, 0.6) is 0 Å². The van der Waals surface area contributed by atoms with E-state index in [-0.39, 0.29) is 11.8 Å². The maximum atomic E-state index is 13.0. The van der Waals surface area contributed by atoms with Crippen LogP contribution in [0.4, 0.5) is 11.5 Å². The van der Waals surface area contributed by atoms with E-state index in [0.29, 0.717) is 50.0 Å². The molecule has 9 heteroatoms. The zero-order valence-electron chi connectivity index (χ0n) is 19.4. The summed E-state index contributed by atoms with van der Waals surface area (Å²) in [4.78, 5) is 42.2. The Kier molecular flexibility index (Phi) is 7.31. The molecule has 9 nitrogen and oxygen atoms in total. The molecule has 0 bridgehead atoms. The number of amides is 2. The predicted octanol–water partition coefficient (Wildman–Crippen LogP) is 2.58. The van der Waals surface area contributed by atoms with Crippen LogP contribution in [-0.2, 0) is 6.54 Å². The van der Waals surface area contributed by atoms with Gasteiger partial charge in [-0.1, -0.05) is 6.07 Å². The quantitative estimate of drug-likeness (QED) is 0.560. The zero-order valence-corrected chi connectivity index (χ0v) is 19.4. The minimum absolute atomic E-state index is 0.136. The van der Waals surface area contributed by atoms with Crippen LogP contribution in [0, 0.1) is 0 Å². The van der Waals surface area contributed by atoms with Crippen LogP contribution < -0.4 is 15.5 Å². The van der Waals surface area contributed by atoms with Gasteiger partial charge in [-0.3, -0.25) is 19.6 Å². The van der Waals surface area contributed by atoms with Gasteiger partial charge >= 0.3 is 0 Å². The van der Waals surface area contributed by atoms with Crippen molar-refractivity contribution in [2.24, 2.45) is 0 Å². The third-order valence-electron chi connectivity index (χ3n) is 5.52. The van der Waals surface area contributed by atoms with Gasteiger partial charge in [-0.15, -0.1) is 0 Å². The Morgan fingerprint density at radius 2 is 1.76 bits per heavy atom. The number of anilines is 2. The Morgan fingerprint density at radius 1 is 0.971 bits per heavy atom. The number of hydrogen-bond donors (Lipinski definition) is 2. The summed E-state index contributed by atoms with van der Waals surface area (Å²) in [7, 11) is 0. The van der Waals surface area contributed by atoms with Gasteiger partial charge in [-0.25, -0.2) is 4.98 Å². The first kappa shape index (κ1) is 23.2. The molecule has 176 valence electrons. The molecule has 0 atom stereocenters. The van der Waals surface area contributed by atoms with Gasteiger partial charge in [0.15, 0.2) is 5.82 Å². The summed E-state index contributed by atoms with van der Waals surface area (Å²) >= 11 is 0. The van der Waals surface area contributed by atoms with Crippen LogP contribution in [0.15, 0.2) is 61.2 Å². The van der Waals surface area contributed by atoms with E-state index >= 15 is 0 Å². The van der Waals surface area contributed by atoms with E-state index in [2.05, 4.69) is 44.3 Å². The second-order valence-electron chi connectivity index (χ2n) is 8.43. The topological polar surface area (TPSA) is 103 Å². The number of aromatic nitrogens is 3. The van der Waals surface area contributed by atoms with Crippen molar-refractivity contribution in [2.45, 2.75) is 26.4 Å². The van der Waals surface area contributed by atoms with E-state index in [1.807, 2.05) is 24.3 Å². The molecule has 0 unspecified atom stereocenters. The molecule has 1 fully saturated rings. The summed E-state index contributed by atoms with van der Waals surface area (Å²) in [5.41, 5.74) is 2.65. The SMILES string of the molecule is CC(C)Nc1cccnc1N1CCN(C(=O)c2ccc(C(=O)NCc3cccnc3)cn2)CC1. The first-order valence-corrected chi connectivity index (χ1v) is 11.4. The van der Waals surface area contributed by atoms with Crippen molar-refractivity contribution in [1.29, 1.82) is 0 Å². The lowest BCUT2D eigenvalue weighted by Gasteiger charge is -2.36. The minimum Gasteiger partial charge on any atom is -0.380 e. The van der Waals surface area contributed by atoms with Crippen molar-refractivity contribution in [3.05, 3.63) is 78.0 Å². The molecule has 34 heavy (non-hydrogen) atoms. The van der Waals surface area contributed by atoms with Gasteiger partial charge in [0.05, 0.1) is 11.3 Å². The Morgan fingerprint density at radius 3 is 2.44 bits per heavy atom. The molecule has 1 saturated heterocycles. The number of carbonyl (C=O) groups is 2. The Bertz CT molecular complexity index is 1110. The van der Waals surface area contributed by atoms with Gasteiger partial charge in [0.2, 0.25) is 0 Å². The Labute approximate surface area is 199 Å². The Hall–Kier alpha value is -4.01. The summed E-state index contributed by atoms with van der Waals surface area (Å²) in [6, 6.07) is 11.2. The molecule has 4 heterocycles. The van der Waals surface area contributed by atoms with Crippen LogP contribution in [0.2, 0.25) is 0 Å². The second kappa shape index (κ2) is 10.7. The highest BCUT2D eigenvalue weighted by molar-refractivity contribution is 5.96. The summed E-state index contributed by atoms with van der Waals surface area (Å²) in [5.74, 6) is 0.525. The number of nitrogens with one attached hydrogen (secondary N) is 2. The van der Waals surface area contributed by atoms with Crippen molar-refractivity contribution in [3.63, 3.8) is 0 Å². The van der Waals surface area contributed by atoms with E-state index in [0.717, 1.165) is 17.1 Å². The molecule has 0 aliphatic carbocycles. The van der Waals surface area contributed by atoms with Crippen LogP contribution in [0.3, 0.4) is 0 Å². The molecule has 0 saturated carbocycles. The fourth-order valence-corrected chi connectivity index (χ4v) is 3.80. The molecule has 0 aromatic carbocycles. The van der Waals surface area contributed by atoms with Gasteiger partial charge in [-0.05, 0) is 49.7 Å².